The first-order valence-electron chi connectivity index (χ1n) is 4.43. The van der Waals surface area contributed by atoms with Gasteiger partial charge in [-0.15, -0.1) is 10.2 Å². The molecule has 0 bridgehead atoms. The summed E-state index contributed by atoms with van der Waals surface area (Å²) in [6.07, 6.45) is 3.00. The van der Waals surface area contributed by atoms with Crippen LogP contribution in [-0.2, 0) is 0 Å². The average molecular weight is 254 g/mol. The normalized spacial score (nSPS) is 9.81. The van der Waals surface area contributed by atoms with Gasteiger partial charge < -0.3 is 5.32 Å². The van der Waals surface area contributed by atoms with Crippen LogP contribution in [0.2, 0.25) is 5.02 Å². The lowest BCUT2D eigenvalue weighted by Gasteiger charge is -2.10. The number of halogens is 1. The van der Waals surface area contributed by atoms with Crippen LogP contribution in [0.3, 0.4) is 0 Å². The van der Waals surface area contributed by atoms with Crippen molar-refractivity contribution < 1.29 is 0 Å². The molecule has 0 unspecified atom stereocenters. The van der Waals surface area contributed by atoms with Crippen molar-refractivity contribution in [2.24, 2.45) is 0 Å². The molecule has 5 nitrogen and oxygen atoms in total. The van der Waals surface area contributed by atoms with Gasteiger partial charge in [-0.3, -0.25) is 5.43 Å². The largest absolute Gasteiger partial charge is 0.330 e. The summed E-state index contributed by atoms with van der Waals surface area (Å²) in [5, 5.41) is 11.3. The van der Waals surface area contributed by atoms with Crippen molar-refractivity contribution in [1.29, 1.82) is 0 Å². The summed E-state index contributed by atoms with van der Waals surface area (Å²) < 4.78 is 1.53. The molecule has 1 heterocycles. The van der Waals surface area contributed by atoms with Crippen molar-refractivity contribution in [3.63, 3.8) is 0 Å². The fourth-order valence-electron chi connectivity index (χ4n) is 1.09. The monoisotopic (exact) mass is 253 g/mol. The number of hydrogen-bond acceptors (Lipinski definition) is 3. The van der Waals surface area contributed by atoms with Crippen molar-refractivity contribution >= 4 is 34.6 Å². The first-order chi connectivity index (χ1) is 7.75. The van der Waals surface area contributed by atoms with Gasteiger partial charge in [0, 0.05) is 0 Å². The molecule has 16 heavy (non-hydrogen) atoms. The van der Waals surface area contributed by atoms with Crippen molar-refractivity contribution in [2.75, 3.05) is 10.7 Å². The Morgan fingerprint density at radius 3 is 2.62 bits per heavy atom. The summed E-state index contributed by atoms with van der Waals surface area (Å²) in [6.45, 7) is 0. The van der Waals surface area contributed by atoms with E-state index in [1.54, 1.807) is 6.07 Å². The van der Waals surface area contributed by atoms with Gasteiger partial charge >= 0.3 is 0 Å². The topological polar surface area (TPSA) is 54.8 Å². The highest BCUT2D eigenvalue weighted by molar-refractivity contribution is 7.80. The number of aromatic nitrogens is 3. The average Bonchev–Trinajstić information content (AvgIpc) is 2.74. The molecule has 1 aromatic carbocycles. The van der Waals surface area contributed by atoms with Crippen molar-refractivity contribution in [3.05, 3.63) is 41.9 Å². The van der Waals surface area contributed by atoms with E-state index in [1.165, 1.54) is 17.3 Å². The third kappa shape index (κ3) is 2.68. The molecule has 0 aliphatic carbocycles. The van der Waals surface area contributed by atoms with Crippen LogP contribution in [0.1, 0.15) is 0 Å². The number of nitrogens with zero attached hydrogens (tertiary/aromatic N) is 3. The van der Waals surface area contributed by atoms with Gasteiger partial charge in [0.2, 0.25) is 0 Å². The second-order valence-electron chi connectivity index (χ2n) is 2.91. The molecule has 0 saturated carbocycles. The zero-order valence-corrected chi connectivity index (χ0v) is 9.66. The molecule has 0 atom stereocenters. The lowest BCUT2D eigenvalue weighted by Crippen LogP contribution is -2.26. The predicted molar refractivity (Wildman–Crippen MR) is 67.1 cm³/mol. The van der Waals surface area contributed by atoms with E-state index < -0.39 is 0 Å². The maximum atomic E-state index is 5.97. The van der Waals surface area contributed by atoms with Gasteiger partial charge in [0.15, 0.2) is 5.11 Å². The van der Waals surface area contributed by atoms with Crippen LogP contribution in [0.5, 0.6) is 0 Å². The van der Waals surface area contributed by atoms with Crippen LogP contribution < -0.4 is 10.7 Å². The standard InChI is InChI=1S/C9H8ClN5S/c10-7-3-1-2-4-8(7)13-9(16)14-15-5-11-12-6-15/h1-6H,(H2,13,14,16). The van der Waals surface area contributed by atoms with Crippen molar-refractivity contribution in [1.82, 2.24) is 14.9 Å². The van der Waals surface area contributed by atoms with Gasteiger partial charge in [-0.05, 0) is 24.4 Å². The summed E-state index contributed by atoms with van der Waals surface area (Å²) in [7, 11) is 0. The zero-order chi connectivity index (χ0) is 11.4. The van der Waals surface area contributed by atoms with E-state index >= 15 is 0 Å². The molecule has 7 heteroatoms. The summed E-state index contributed by atoms with van der Waals surface area (Å²) in [6, 6.07) is 7.34. The summed E-state index contributed by atoms with van der Waals surface area (Å²) >= 11 is 11.1. The van der Waals surface area contributed by atoms with Gasteiger partial charge in [-0.25, -0.2) is 4.68 Å². The fraction of sp³-hybridized carbons (Fsp3) is 0. The van der Waals surface area contributed by atoms with Gasteiger partial charge in [0.05, 0.1) is 10.7 Å². The third-order valence-electron chi connectivity index (χ3n) is 1.77. The second-order valence-corrected chi connectivity index (χ2v) is 3.73. The molecule has 0 fully saturated rings. The van der Waals surface area contributed by atoms with Crippen LogP contribution >= 0.6 is 23.8 Å². The van der Waals surface area contributed by atoms with Gasteiger partial charge in [0.1, 0.15) is 12.7 Å². The molecule has 82 valence electrons. The molecule has 2 aromatic rings. The molecule has 1 aromatic heterocycles. The Balaban J connectivity index is 2.00. The Kier molecular flexibility index (Phi) is 3.33. The number of anilines is 1. The molecule has 2 rings (SSSR count). The predicted octanol–water partition coefficient (Wildman–Crippen LogP) is 1.87. The molecular weight excluding hydrogens is 246 g/mol. The van der Waals surface area contributed by atoms with Gasteiger partial charge in [-0.2, -0.15) is 0 Å². The first-order valence-corrected chi connectivity index (χ1v) is 5.21. The van der Waals surface area contributed by atoms with Crippen LogP contribution in [0, 0.1) is 0 Å². The molecule has 0 amide bonds. The van der Waals surface area contributed by atoms with Gasteiger partial charge in [-0.1, -0.05) is 23.7 Å². The van der Waals surface area contributed by atoms with E-state index in [9.17, 15) is 0 Å². The van der Waals surface area contributed by atoms with Gasteiger partial charge in [0.25, 0.3) is 0 Å². The highest BCUT2D eigenvalue weighted by Crippen LogP contribution is 2.20. The number of nitrogens with one attached hydrogen (secondary N) is 2. The van der Waals surface area contributed by atoms with E-state index in [4.69, 9.17) is 23.8 Å². The number of para-hydroxylation sites is 1. The number of hydrogen-bond donors (Lipinski definition) is 2. The van der Waals surface area contributed by atoms with E-state index in [2.05, 4.69) is 20.9 Å². The summed E-state index contributed by atoms with van der Waals surface area (Å²) in [5.41, 5.74) is 3.60. The van der Waals surface area contributed by atoms with Crippen LogP contribution in [0.15, 0.2) is 36.9 Å². The second kappa shape index (κ2) is 4.91. The molecule has 0 aliphatic heterocycles. The Hall–Kier alpha value is -1.66. The number of thiocarbonyl (C=S) groups is 1. The van der Waals surface area contributed by atoms with E-state index in [0.717, 1.165) is 5.69 Å². The fourth-order valence-corrected chi connectivity index (χ4v) is 1.49. The molecule has 0 saturated heterocycles. The maximum absolute atomic E-state index is 5.97. The van der Waals surface area contributed by atoms with E-state index in [0.29, 0.717) is 10.1 Å². The van der Waals surface area contributed by atoms with Crippen molar-refractivity contribution in [2.45, 2.75) is 0 Å². The van der Waals surface area contributed by atoms with E-state index in [-0.39, 0.29) is 0 Å². The number of rotatable bonds is 2. The smallest absolute Gasteiger partial charge is 0.190 e. The zero-order valence-electron chi connectivity index (χ0n) is 8.09. The summed E-state index contributed by atoms with van der Waals surface area (Å²) in [5.74, 6) is 0. The minimum atomic E-state index is 0.410. The molecule has 0 spiro atoms. The van der Waals surface area contributed by atoms with Crippen LogP contribution in [0.25, 0.3) is 0 Å². The molecule has 0 radical (unpaired) electrons. The van der Waals surface area contributed by atoms with Crippen LogP contribution in [0.4, 0.5) is 5.69 Å². The lowest BCUT2D eigenvalue weighted by atomic mass is 10.3. The Labute approximate surface area is 102 Å². The van der Waals surface area contributed by atoms with Crippen molar-refractivity contribution in [3.8, 4) is 0 Å². The molecule has 2 N–H and O–H groups in total. The number of benzene rings is 1. The molecular formula is C9H8ClN5S. The lowest BCUT2D eigenvalue weighted by molar-refractivity contribution is 0.974. The van der Waals surface area contributed by atoms with E-state index in [1.807, 2.05) is 18.2 Å². The minimum Gasteiger partial charge on any atom is -0.330 e. The maximum Gasteiger partial charge on any atom is 0.190 e. The van der Waals surface area contributed by atoms with Crippen LogP contribution in [-0.4, -0.2) is 20.0 Å². The highest BCUT2D eigenvalue weighted by Gasteiger charge is 2.01. The Morgan fingerprint density at radius 2 is 1.94 bits per heavy atom. The summed E-state index contributed by atoms with van der Waals surface area (Å²) in [4.78, 5) is 0. The quantitative estimate of drug-likeness (QED) is 0.801. The highest BCUT2D eigenvalue weighted by atomic mass is 35.5. The SMILES string of the molecule is S=C(Nc1ccccc1Cl)Nn1cnnc1. The Morgan fingerprint density at radius 1 is 1.25 bits per heavy atom. The molecule has 0 aliphatic rings. The third-order valence-corrected chi connectivity index (χ3v) is 2.29. The first kappa shape index (κ1) is 10.8. The minimum absolute atomic E-state index is 0.410. The Bertz CT molecular complexity index is 484.